The van der Waals surface area contributed by atoms with Gasteiger partial charge >= 0.3 is 29.6 Å². The molecule has 0 saturated carbocycles. The normalized spacial score (nSPS) is 11.8. The van der Waals surface area contributed by atoms with Crippen LogP contribution in [-0.2, 0) is 9.53 Å². The molecular formula is C3H5NaO4. The fourth-order valence-electron chi connectivity index (χ4n) is 0.0962. The standard InChI is InChI=1S/C3H6O4.Na/c1-7-3(6)2(4)5;/h3,6H,1H3,(H,4,5);/q;+1/p-1. The molecule has 0 aliphatic rings. The number of hydrogen-bond acceptors (Lipinski definition) is 4. The summed E-state index contributed by atoms with van der Waals surface area (Å²) in [5.74, 6) is -1.62. The second kappa shape index (κ2) is 5.53. The van der Waals surface area contributed by atoms with E-state index in [0.29, 0.717) is 0 Å². The summed E-state index contributed by atoms with van der Waals surface area (Å²) in [4.78, 5) is 9.44. The molecule has 0 heterocycles. The Hall–Kier alpha value is 0.390. The molecule has 0 aromatic rings. The van der Waals surface area contributed by atoms with E-state index in [4.69, 9.17) is 5.11 Å². The molecule has 0 saturated heterocycles. The van der Waals surface area contributed by atoms with Crippen LogP contribution in [0.15, 0.2) is 0 Å². The molecule has 0 spiro atoms. The smallest absolute Gasteiger partial charge is 0.545 e. The molecule has 0 aromatic carbocycles. The average Bonchev–Trinajstić information content (AvgIpc) is 1.65. The second-order valence-electron chi connectivity index (χ2n) is 0.907. The van der Waals surface area contributed by atoms with Gasteiger partial charge in [-0.25, -0.2) is 0 Å². The zero-order chi connectivity index (χ0) is 5.86. The first-order valence-corrected chi connectivity index (χ1v) is 1.60. The minimum atomic E-state index is -1.79. The van der Waals surface area contributed by atoms with Gasteiger partial charge in [-0.1, -0.05) is 0 Å². The number of carbonyl (C=O) groups is 1. The molecule has 1 unspecified atom stereocenters. The van der Waals surface area contributed by atoms with Gasteiger partial charge in [0.15, 0.2) is 6.29 Å². The van der Waals surface area contributed by atoms with Crippen LogP contribution in [0.3, 0.4) is 0 Å². The Morgan fingerprint density at radius 2 is 2.25 bits per heavy atom. The van der Waals surface area contributed by atoms with Crippen LogP contribution in [0.4, 0.5) is 0 Å². The van der Waals surface area contributed by atoms with Gasteiger partial charge in [0.1, 0.15) is 0 Å². The van der Waals surface area contributed by atoms with E-state index in [0.717, 1.165) is 7.11 Å². The van der Waals surface area contributed by atoms with Crippen LogP contribution < -0.4 is 34.7 Å². The van der Waals surface area contributed by atoms with Gasteiger partial charge in [0.2, 0.25) is 0 Å². The van der Waals surface area contributed by atoms with E-state index in [1.54, 1.807) is 0 Å². The molecule has 0 radical (unpaired) electrons. The quantitative estimate of drug-likeness (QED) is 0.298. The number of rotatable bonds is 2. The fourth-order valence-corrected chi connectivity index (χ4v) is 0.0962. The Labute approximate surface area is 68.7 Å². The summed E-state index contributed by atoms with van der Waals surface area (Å²) < 4.78 is 3.91. The van der Waals surface area contributed by atoms with Gasteiger partial charge in [0.05, 0.1) is 5.97 Å². The molecule has 42 valence electrons. The number of aliphatic hydroxyl groups excluding tert-OH is 1. The van der Waals surface area contributed by atoms with E-state index in [2.05, 4.69) is 4.74 Å². The summed E-state index contributed by atoms with van der Waals surface area (Å²) in [6.07, 6.45) is -1.79. The van der Waals surface area contributed by atoms with Crippen molar-refractivity contribution < 1.29 is 49.3 Å². The first-order valence-electron chi connectivity index (χ1n) is 1.60. The number of carboxylic acids is 1. The first kappa shape index (κ1) is 11.2. The number of methoxy groups -OCH3 is 1. The predicted molar refractivity (Wildman–Crippen MR) is 18.0 cm³/mol. The summed E-state index contributed by atoms with van der Waals surface area (Å²) in [7, 11) is 1.07. The van der Waals surface area contributed by atoms with Gasteiger partial charge in [0.25, 0.3) is 0 Å². The number of aliphatic carboxylic acids is 1. The van der Waals surface area contributed by atoms with E-state index < -0.39 is 12.3 Å². The molecule has 4 nitrogen and oxygen atoms in total. The largest absolute Gasteiger partial charge is 1.00 e. The van der Waals surface area contributed by atoms with Crippen molar-refractivity contribution in [3.05, 3.63) is 0 Å². The summed E-state index contributed by atoms with van der Waals surface area (Å²) in [5, 5.41) is 17.5. The molecule has 1 N–H and O–H groups in total. The Kier molecular flexibility index (Phi) is 7.75. The number of ether oxygens (including phenoxy) is 1. The van der Waals surface area contributed by atoms with Gasteiger partial charge in [-0.15, -0.1) is 0 Å². The van der Waals surface area contributed by atoms with Crippen LogP contribution >= 0.6 is 0 Å². The van der Waals surface area contributed by atoms with E-state index in [1.165, 1.54) is 0 Å². The van der Waals surface area contributed by atoms with Gasteiger partial charge in [-0.2, -0.15) is 0 Å². The van der Waals surface area contributed by atoms with Crippen molar-refractivity contribution in [3.8, 4) is 0 Å². The van der Waals surface area contributed by atoms with Crippen LogP contribution in [-0.4, -0.2) is 24.5 Å². The molecule has 0 bridgehead atoms. The number of hydrogen-bond donors (Lipinski definition) is 1. The van der Waals surface area contributed by atoms with E-state index in [1.807, 2.05) is 0 Å². The van der Waals surface area contributed by atoms with Gasteiger partial charge in [-0.3, -0.25) is 0 Å². The summed E-state index contributed by atoms with van der Waals surface area (Å²) in [5.41, 5.74) is 0. The Morgan fingerprint density at radius 3 is 2.25 bits per heavy atom. The summed E-state index contributed by atoms with van der Waals surface area (Å²) >= 11 is 0. The van der Waals surface area contributed by atoms with Crippen LogP contribution in [0, 0.1) is 0 Å². The number of carbonyl (C=O) groups excluding carboxylic acids is 1. The third kappa shape index (κ3) is 4.55. The molecular weight excluding hydrogens is 123 g/mol. The Morgan fingerprint density at radius 1 is 1.88 bits per heavy atom. The van der Waals surface area contributed by atoms with Crippen molar-refractivity contribution in [2.24, 2.45) is 0 Å². The Bertz CT molecular complexity index is 73.7. The van der Waals surface area contributed by atoms with Crippen molar-refractivity contribution in [2.75, 3.05) is 7.11 Å². The molecule has 8 heavy (non-hydrogen) atoms. The maximum atomic E-state index is 9.44. The minimum Gasteiger partial charge on any atom is -0.545 e. The topological polar surface area (TPSA) is 69.6 Å². The molecule has 0 aromatic heterocycles. The summed E-state index contributed by atoms with van der Waals surface area (Å²) in [6, 6.07) is 0. The van der Waals surface area contributed by atoms with Gasteiger partial charge in [0, 0.05) is 7.11 Å². The van der Waals surface area contributed by atoms with Crippen molar-refractivity contribution in [1.82, 2.24) is 0 Å². The summed E-state index contributed by atoms with van der Waals surface area (Å²) in [6.45, 7) is 0. The van der Waals surface area contributed by atoms with Crippen LogP contribution in [0.5, 0.6) is 0 Å². The van der Waals surface area contributed by atoms with E-state index in [-0.39, 0.29) is 29.6 Å². The van der Waals surface area contributed by atoms with Crippen LogP contribution in [0.1, 0.15) is 0 Å². The molecule has 1 atom stereocenters. The zero-order valence-electron chi connectivity index (χ0n) is 4.75. The Balaban J connectivity index is 0. The van der Waals surface area contributed by atoms with Crippen molar-refractivity contribution >= 4 is 5.97 Å². The first-order chi connectivity index (χ1) is 3.18. The fraction of sp³-hybridized carbons (Fsp3) is 0.667. The number of carboxylic acid groups (broad SMARTS) is 1. The van der Waals surface area contributed by atoms with Crippen molar-refractivity contribution in [2.45, 2.75) is 6.29 Å². The maximum Gasteiger partial charge on any atom is 1.00 e. The monoisotopic (exact) mass is 128 g/mol. The number of aliphatic hydroxyl groups is 1. The zero-order valence-corrected chi connectivity index (χ0v) is 6.75. The average molecular weight is 128 g/mol. The predicted octanol–water partition coefficient (Wildman–Crippen LogP) is -5.29. The van der Waals surface area contributed by atoms with E-state index in [9.17, 15) is 9.90 Å². The molecule has 0 fully saturated rings. The van der Waals surface area contributed by atoms with Crippen LogP contribution in [0.25, 0.3) is 0 Å². The third-order valence-corrected chi connectivity index (χ3v) is 0.425. The molecule has 0 rings (SSSR count). The molecule has 0 aliphatic heterocycles. The SMILES string of the molecule is COC(O)C(=O)[O-].[Na+]. The second-order valence-corrected chi connectivity index (χ2v) is 0.907. The molecule has 0 amide bonds. The van der Waals surface area contributed by atoms with Gasteiger partial charge < -0.3 is 19.7 Å². The third-order valence-electron chi connectivity index (χ3n) is 0.425. The van der Waals surface area contributed by atoms with Crippen molar-refractivity contribution in [3.63, 3.8) is 0 Å². The maximum absolute atomic E-state index is 9.44. The van der Waals surface area contributed by atoms with Gasteiger partial charge in [-0.05, 0) is 0 Å². The van der Waals surface area contributed by atoms with Crippen LogP contribution in [0.2, 0.25) is 0 Å². The minimum absolute atomic E-state index is 0. The molecule has 0 aliphatic carbocycles. The van der Waals surface area contributed by atoms with Crippen molar-refractivity contribution in [1.29, 1.82) is 0 Å². The molecule has 5 heteroatoms. The van der Waals surface area contributed by atoms with E-state index >= 15 is 0 Å².